The Kier molecular flexibility index (Phi) is 7.40. The van der Waals surface area contributed by atoms with Gasteiger partial charge in [-0.25, -0.2) is 8.42 Å². The molecule has 1 N–H and O–H groups in total. The highest BCUT2D eigenvalue weighted by molar-refractivity contribution is 7.90. The van der Waals surface area contributed by atoms with E-state index in [-0.39, 0.29) is 5.75 Å². The molecule has 21 heavy (non-hydrogen) atoms. The SMILES string of the molecule is CCC(C)C(c1ccccc1)C(CCCS(C)(=O)=O)NC. The van der Waals surface area contributed by atoms with Crippen LogP contribution in [0.5, 0.6) is 0 Å². The van der Waals surface area contributed by atoms with E-state index in [0.717, 1.165) is 12.8 Å². The molecule has 0 saturated carbocycles. The molecule has 0 aromatic heterocycles. The lowest BCUT2D eigenvalue weighted by Crippen LogP contribution is -2.35. The molecular weight excluding hydrogens is 282 g/mol. The first kappa shape index (κ1) is 18.2. The van der Waals surface area contributed by atoms with Crippen LogP contribution in [-0.4, -0.2) is 33.5 Å². The van der Waals surface area contributed by atoms with Crippen molar-refractivity contribution in [3.05, 3.63) is 35.9 Å². The molecule has 0 fully saturated rings. The molecule has 0 aliphatic carbocycles. The number of rotatable bonds is 9. The highest BCUT2D eigenvalue weighted by atomic mass is 32.2. The molecule has 3 unspecified atom stereocenters. The lowest BCUT2D eigenvalue weighted by molar-refractivity contribution is 0.332. The third-order valence-electron chi connectivity index (χ3n) is 4.28. The minimum absolute atomic E-state index is 0.271. The van der Waals surface area contributed by atoms with Crippen molar-refractivity contribution in [1.29, 1.82) is 0 Å². The molecule has 0 amide bonds. The van der Waals surface area contributed by atoms with Crippen LogP contribution in [-0.2, 0) is 9.84 Å². The molecule has 120 valence electrons. The average molecular weight is 311 g/mol. The van der Waals surface area contributed by atoms with Crippen LogP contribution in [0.4, 0.5) is 0 Å². The van der Waals surface area contributed by atoms with Gasteiger partial charge in [-0.05, 0) is 31.4 Å². The fourth-order valence-electron chi connectivity index (χ4n) is 2.96. The van der Waals surface area contributed by atoms with Gasteiger partial charge in [0.2, 0.25) is 0 Å². The van der Waals surface area contributed by atoms with E-state index in [1.807, 2.05) is 13.1 Å². The molecule has 0 aliphatic rings. The summed E-state index contributed by atoms with van der Waals surface area (Å²) in [6.07, 6.45) is 4.02. The molecule has 0 aliphatic heterocycles. The molecule has 1 aromatic carbocycles. The molecule has 3 nitrogen and oxygen atoms in total. The molecular formula is C17H29NO2S. The van der Waals surface area contributed by atoms with Gasteiger partial charge in [0.05, 0.1) is 0 Å². The zero-order chi connectivity index (χ0) is 15.9. The first-order chi connectivity index (χ1) is 9.89. The molecule has 0 spiro atoms. The maximum absolute atomic E-state index is 11.3. The Labute approximate surface area is 130 Å². The molecule has 1 rings (SSSR count). The number of likely N-dealkylation sites (N-methyl/N-ethyl adjacent to an activating group) is 1. The molecule has 0 bridgehead atoms. The fraction of sp³-hybridized carbons (Fsp3) is 0.647. The molecule has 3 atom stereocenters. The van der Waals surface area contributed by atoms with Crippen LogP contribution in [0.2, 0.25) is 0 Å². The van der Waals surface area contributed by atoms with E-state index >= 15 is 0 Å². The lowest BCUT2D eigenvalue weighted by Gasteiger charge is -2.32. The summed E-state index contributed by atoms with van der Waals surface area (Å²) in [5.41, 5.74) is 1.34. The Morgan fingerprint density at radius 1 is 1.19 bits per heavy atom. The number of nitrogens with one attached hydrogen (secondary N) is 1. The number of sulfone groups is 1. The molecule has 4 heteroatoms. The van der Waals surface area contributed by atoms with Gasteiger partial charge in [0.25, 0.3) is 0 Å². The predicted molar refractivity (Wildman–Crippen MR) is 90.4 cm³/mol. The van der Waals surface area contributed by atoms with Gasteiger partial charge < -0.3 is 5.32 Å². The van der Waals surface area contributed by atoms with E-state index < -0.39 is 9.84 Å². The van der Waals surface area contributed by atoms with Crippen LogP contribution in [0.15, 0.2) is 30.3 Å². The van der Waals surface area contributed by atoms with Gasteiger partial charge in [-0.2, -0.15) is 0 Å². The Morgan fingerprint density at radius 3 is 2.29 bits per heavy atom. The van der Waals surface area contributed by atoms with Crippen molar-refractivity contribution >= 4 is 9.84 Å². The Morgan fingerprint density at radius 2 is 1.81 bits per heavy atom. The van der Waals surface area contributed by atoms with Crippen molar-refractivity contribution < 1.29 is 8.42 Å². The minimum atomic E-state index is -2.87. The maximum atomic E-state index is 11.3. The van der Waals surface area contributed by atoms with Gasteiger partial charge in [-0.3, -0.25) is 0 Å². The molecule has 1 aromatic rings. The van der Waals surface area contributed by atoms with Crippen molar-refractivity contribution in [1.82, 2.24) is 5.32 Å². The van der Waals surface area contributed by atoms with Gasteiger partial charge >= 0.3 is 0 Å². The van der Waals surface area contributed by atoms with Crippen LogP contribution < -0.4 is 5.32 Å². The maximum Gasteiger partial charge on any atom is 0.147 e. The Hall–Kier alpha value is -0.870. The first-order valence-electron chi connectivity index (χ1n) is 7.79. The lowest BCUT2D eigenvalue weighted by atomic mass is 9.79. The van der Waals surface area contributed by atoms with Crippen molar-refractivity contribution in [2.45, 2.75) is 45.1 Å². The Bertz CT molecular complexity index is 499. The zero-order valence-electron chi connectivity index (χ0n) is 13.7. The summed E-state index contributed by atoms with van der Waals surface area (Å²) >= 11 is 0. The summed E-state index contributed by atoms with van der Waals surface area (Å²) in [4.78, 5) is 0. The number of hydrogen-bond donors (Lipinski definition) is 1. The molecule has 0 radical (unpaired) electrons. The first-order valence-corrected chi connectivity index (χ1v) is 9.85. The van der Waals surface area contributed by atoms with Gasteiger partial charge in [-0.1, -0.05) is 50.6 Å². The summed E-state index contributed by atoms with van der Waals surface area (Å²) in [6.45, 7) is 4.49. The van der Waals surface area contributed by atoms with Crippen molar-refractivity contribution in [3.63, 3.8) is 0 Å². The summed E-state index contributed by atoms with van der Waals surface area (Å²) in [5, 5.41) is 3.41. The average Bonchev–Trinajstić information content (AvgIpc) is 2.45. The van der Waals surface area contributed by atoms with E-state index in [1.165, 1.54) is 11.8 Å². The quantitative estimate of drug-likeness (QED) is 0.761. The Balaban J connectivity index is 2.84. The van der Waals surface area contributed by atoms with Crippen molar-refractivity contribution in [2.24, 2.45) is 5.92 Å². The van der Waals surface area contributed by atoms with Gasteiger partial charge in [-0.15, -0.1) is 0 Å². The molecule has 0 heterocycles. The van der Waals surface area contributed by atoms with Crippen LogP contribution in [0.1, 0.15) is 44.6 Å². The van der Waals surface area contributed by atoms with Crippen LogP contribution in [0.25, 0.3) is 0 Å². The second-order valence-corrected chi connectivity index (χ2v) is 8.25. The third-order valence-corrected chi connectivity index (χ3v) is 5.31. The topological polar surface area (TPSA) is 46.2 Å². The standard InChI is InChI=1S/C17H29NO2S/c1-5-14(2)17(15-10-7-6-8-11-15)16(18-3)12-9-13-21(4,19)20/h6-8,10-11,14,16-18H,5,9,12-13H2,1-4H3. The van der Waals surface area contributed by atoms with Crippen molar-refractivity contribution in [2.75, 3.05) is 19.1 Å². The smallest absolute Gasteiger partial charge is 0.147 e. The molecule has 0 saturated heterocycles. The van der Waals surface area contributed by atoms with Crippen LogP contribution >= 0.6 is 0 Å². The van der Waals surface area contributed by atoms with E-state index in [2.05, 4.69) is 43.4 Å². The van der Waals surface area contributed by atoms with Crippen LogP contribution in [0, 0.1) is 5.92 Å². The monoisotopic (exact) mass is 311 g/mol. The fourth-order valence-corrected chi connectivity index (χ4v) is 3.65. The third kappa shape index (κ3) is 6.18. The highest BCUT2D eigenvalue weighted by Gasteiger charge is 2.26. The predicted octanol–water partition coefficient (Wildman–Crippen LogP) is 3.23. The second kappa shape index (κ2) is 8.54. The summed E-state index contributed by atoms with van der Waals surface area (Å²) in [7, 11) is -0.896. The minimum Gasteiger partial charge on any atom is -0.316 e. The number of hydrogen-bond acceptors (Lipinski definition) is 3. The van der Waals surface area contributed by atoms with Gasteiger partial charge in [0, 0.05) is 24.0 Å². The summed E-state index contributed by atoms with van der Waals surface area (Å²) < 4.78 is 22.6. The number of benzene rings is 1. The van der Waals surface area contributed by atoms with Gasteiger partial charge in [0.15, 0.2) is 0 Å². The van der Waals surface area contributed by atoms with E-state index in [4.69, 9.17) is 0 Å². The highest BCUT2D eigenvalue weighted by Crippen LogP contribution is 2.32. The summed E-state index contributed by atoms with van der Waals surface area (Å²) in [5.74, 6) is 1.25. The van der Waals surface area contributed by atoms with Crippen LogP contribution in [0.3, 0.4) is 0 Å². The van der Waals surface area contributed by atoms with E-state index in [9.17, 15) is 8.42 Å². The van der Waals surface area contributed by atoms with E-state index in [0.29, 0.717) is 24.3 Å². The van der Waals surface area contributed by atoms with Gasteiger partial charge in [0.1, 0.15) is 9.84 Å². The second-order valence-electron chi connectivity index (χ2n) is 5.99. The largest absolute Gasteiger partial charge is 0.316 e. The van der Waals surface area contributed by atoms with E-state index in [1.54, 1.807) is 0 Å². The van der Waals surface area contributed by atoms with Crippen molar-refractivity contribution in [3.8, 4) is 0 Å². The normalized spacial score (nSPS) is 16.4. The zero-order valence-corrected chi connectivity index (χ0v) is 14.5. The summed E-state index contributed by atoms with van der Waals surface area (Å²) in [6, 6.07) is 10.9.